The molecule has 0 aromatic rings. The fourth-order valence-corrected chi connectivity index (χ4v) is 1.12. The number of ether oxygens (including phenoxy) is 1. The first-order valence-electron chi connectivity index (χ1n) is 6.09. The van der Waals surface area contributed by atoms with Gasteiger partial charge in [0.1, 0.15) is 0 Å². The number of carbonyl (C=O) groups excluding carboxylic acids is 3. The molecule has 0 fully saturated rings. The van der Waals surface area contributed by atoms with Crippen molar-refractivity contribution in [3.8, 4) is 0 Å². The molecule has 0 radical (unpaired) electrons. The summed E-state index contributed by atoms with van der Waals surface area (Å²) in [4.78, 5) is 34.0. The van der Waals surface area contributed by atoms with E-state index in [9.17, 15) is 14.4 Å². The van der Waals surface area contributed by atoms with E-state index in [2.05, 4.69) is 21.3 Å². The molecule has 0 rings (SSSR count). The van der Waals surface area contributed by atoms with Gasteiger partial charge in [-0.15, -0.1) is 0 Å². The summed E-state index contributed by atoms with van der Waals surface area (Å²) in [5.41, 5.74) is 0. The molecule has 0 bridgehead atoms. The summed E-state index contributed by atoms with van der Waals surface area (Å²) in [6, 6.07) is -1.19. The number of urea groups is 1. The highest BCUT2D eigenvalue weighted by atomic mass is 16.5. The van der Waals surface area contributed by atoms with Crippen LogP contribution in [-0.2, 0) is 14.3 Å². The first kappa shape index (κ1) is 17.3. The Morgan fingerprint density at radius 1 is 1.21 bits per heavy atom. The smallest absolute Gasteiger partial charge is 0.321 e. The molecule has 19 heavy (non-hydrogen) atoms. The number of hydrogen-bond donors (Lipinski definition) is 4. The number of rotatable bonds is 8. The number of carbonyl (C=O) groups is 3. The van der Waals surface area contributed by atoms with Crippen molar-refractivity contribution in [2.45, 2.75) is 19.9 Å². The van der Waals surface area contributed by atoms with Crippen LogP contribution in [0.5, 0.6) is 0 Å². The van der Waals surface area contributed by atoms with E-state index >= 15 is 0 Å². The van der Waals surface area contributed by atoms with Crippen LogP contribution in [0.15, 0.2) is 0 Å². The van der Waals surface area contributed by atoms with E-state index in [0.717, 1.165) is 0 Å². The average molecular weight is 274 g/mol. The average Bonchev–Trinajstić information content (AvgIpc) is 2.36. The standard InChI is InChI=1S/C11H22N4O4/c1-4-12-11(18)15-10(17)8(2)14-7-9(16)13-5-6-19-3/h8,14H,4-7H2,1-3H3,(H,13,16)(H2,12,15,17,18). The maximum absolute atomic E-state index is 11.5. The van der Waals surface area contributed by atoms with E-state index in [0.29, 0.717) is 19.7 Å². The van der Waals surface area contributed by atoms with Gasteiger partial charge in [0.15, 0.2) is 0 Å². The summed E-state index contributed by atoms with van der Waals surface area (Å²) >= 11 is 0. The minimum atomic E-state index is -0.643. The molecule has 0 aromatic heterocycles. The largest absolute Gasteiger partial charge is 0.383 e. The van der Waals surface area contributed by atoms with Crippen LogP contribution in [0.4, 0.5) is 4.79 Å². The Morgan fingerprint density at radius 3 is 2.47 bits per heavy atom. The summed E-state index contributed by atoms with van der Waals surface area (Å²) in [6.07, 6.45) is 0. The van der Waals surface area contributed by atoms with Gasteiger partial charge in [-0.3, -0.25) is 20.2 Å². The number of hydrogen-bond acceptors (Lipinski definition) is 5. The van der Waals surface area contributed by atoms with Crippen molar-refractivity contribution >= 4 is 17.8 Å². The third kappa shape index (κ3) is 8.97. The minimum absolute atomic E-state index is 0.00625. The third-order valence-electron chi connectivity index (χ3n) is 2.16. The lowest BCUT2D eigenvalue weighted by Gasteiger charge is -2.13. The quantitative estimate of drug-likeness (QED) is 0.406. The van der Waals surface area contributed by atoms with Crippen molar-refractivity contribution in [2.24, 2.45) is 0 Å². The van der Waals surface area contributed by atoms with Crippen molar-refractivity contribution in [3.63, 3.8) is 0 Å². The second-order valence-corrected chi connectivity index (χ2v) is 3.79. The van der Waals surface area contributed by atoms with Crippen molar-refractivity contribution in [2.75, 3.05) is 33.4 Å². The molecular weight excluding hydrogens is 252 g/mol. The Balaban J connectivity index is 3.83. The highest BCUT2D eigenvalue weighted by Crippen LogP contribution is 1.82. The summed E-state index contributed by atoms with van der Waals surface area (Å²) in [6.45, 7) is 4.58. The zero-order valence-corrected chi connectivity index (χ0v) is 11.5. The molecule has 1 atom stereocenters. The van der Waals surface area contributed by atoms with Gasteiger partial charge in [0.05, 0.1) is 19.2 Å². The van der Waals surface area contributed by atoms with Crippen molar-refractivity contribution in [1.29, 1.82) is 0 Å². The SMILES string of the molecule is CCNC(=O)NC(=O)C(C)NCC(=O)NCCOC. The van der Waals surface area contributed by atoms with Crippen LogP contribution in [0.2, 0.25) is 0 Å². The predicted molar refractivity (Wildman–Crippen MR) is 69.6 cm³/mol. The lowest BCUT2D eigenvalue weighted by atomic mass is 10.3. The van der Waals surface area contributed by atoms with E-state index in [-0.39, 0.29) is 12.5 Å². The molecule has 0 aliphatic rings. The molecule has 0 aliphatic carbocycles. The number of imide groups is 1. The van der Waals surface area contributed by atoms with Crippen LogP contribution in [0, 0.1) is 0 Å². The van der Waals surface area contributed by atoms with E-state index in [1.165, 1.54) is 7.11 Å². The van der Waals surface area contributed by atoms with Gasteiger partial charge < -0.3 is 15.4 Å². The predicted octanol–water partition coefficient (Wildman–Crippen LogP) is -1.43. The molecule has 0 spiro atoms. The molecule has 8 heteroatoms. The lowest BCUT2D eigenvalue weighted by Crippen LogP contribution is -2.50. The first-order chi connectivity index (χ1) is 9.01. The van der Waals surface area contributed by atoms with Gasteiger partial charge >= 0.3 is 6.03 Å². The molecule has 0 saturated carbocycles. The van der Waals surface area contributed by atoms with Gasteiger partial charge in [0.25, 0.3) is 0 Å². The molecule has 4 N–H and O–H groups in total. The molecule has 1 unspecified atom stereocenters. The summed E-state index contributed by atoms with van der Waals surface area (Å²) < 4.78 is 4.78. The fraction of sp³-hybridized carbons (Fsp3) is 0.727. The molecule has 0 heterocycles. The molecule has 0 aromatic carbocycles. The van der Waals surface area contributed by atoms with E-state index in [4.69, 9.17) is 4.74 Å². The molecule has 0 saturated heterocycles. The highest BCUT2D eigenvalue weighted by Gasteiger charge is 2.15. The summed E-state index contributed by atoms with van der Waals surface area (Å²) in [5, 5.41) is 9.91. The van der Waals surface area contributed by atoms with Crippen LogP contribution < -0.4 is 21.3 Å². The lowest BCUT2D eigenvalue weighted by molar-refractivity contribution is -0.122. The second kappa shape index (κ2) is 10.3. The number of amides is 4. The van der Waals surface area contributed by atoms with Gasteiger partial charge in [-0.2, -0.15) is 0 Å². The van der Waals surface area contributed by atoms with Crippen LogP contribution in [0.3, 0.4) is 0 Å². The normalized spacial score (nSPS) is 11.5. The topological polar surface area (TPSA) is 109 Å². The van der Waals surface area contributed by atoms with E-state index in [1.807, 2.05) is 0 Å². The molecular formula is C11H22N4O4. The van der Waals surface area contributed by atoms with Crippen LogP contribution in [0.1, 0.15) is 13.8 Å². The fourth-order valence-electron chi connectivity index (χ4n) is 1.12. The number of methoxy groups -OCH3 is 1. The third-order valence-corrected chi connectivity index (χ3v) is 2.16. The zero-order valence-electron chi connectivity index (χ0n) is 11.5. The second-order valence-electron chi connectivity index (χ2n) is 3.79. The Kier molecular flexibility index (Phi) is 9.37. The Labute approximate surface area is 112 Å². The molecule has 0 aliphatic heterocycles. The Morgan fingerprint density at radius 2 is 1.89 bits per heavy atom. The van der Waals surface area contributed by atoms with E-state index < -0.39 is 18.0 Å². The molecule has 110 valence electrons. The maximum Gasteiger partial charge on any atom is 0.321 e. The van der Waals surface area contributed by atoms with Gasteiger partial charge in [-0.1, -0.05) is 0 Å². The van der Waals surface area contributed by atoms with Gasteiger partial charge in [0, 0.05) is 20.2 Å². The van der Waals surface area contributed by atoms with Crippen LogP contribution in [0.25, 0.3) is 0 Å². The van der Waals surface area contributed by atoms with Crippen molar-refractivity contribution in [1.82, 2.24) is 21.3 Å². The van der Waals surface area contributed by atoms with Crippen molar-refractivity contribution < 1.29 is 19.1 Å². The molecule has 4 amide bonds. The van der Waals surface area contributed by atoms with Crippen LogP contribution in [-0.4, -0.2) is 57.2 Å². The monoisotopic (exact) mass is 274 g/mol. The minimum Gasteiger partial charge on any atom is -0.383 e. The van der Waals surface area contributed by atoms with E-state index in [1.54, 1.807) is 13.8 Å². The van der Waals surface area contributed by atoms with Gasteiger partial charge in [-0.25, -0.2) is 4.79 Å². The van der Waals surface area contributed by atoms with Gasteiger partial charge in [-0.05, 0) is 13.8 Å². The number of nitrogens with one attached hydrogen (secondary N) is 4. The first-order valence-corrected chi connectivity index (χ1v) is 6.09. The maximum atomic E-state index is 11.5. The molecule has 8 nitrogen and oxygen atoms in total. The highest BCUT2D eigenvalue weighted by molar-refractivity contribution is 5.97. The van der Waals surface area contributed by atoms with Crippen LogP contribution >= 0.6 is 0 Å². The Hall–Kier alpha value is -1.67. The Bertz CT molecular complexity index is 309. The van der Waals surface area contributed by atoms with Gasteiger partial charge in [0.2, 0.25) is 11.8 Å². The summed E-state index contributed by atoms with van der Waals surface area (Å²) in [5.74, 6) is -0.731. The zero-order chi connectivity index (χ0) is 14.7. The summed E-state index contributed by atoms with van der Waals surface area (Å²) in [7, 11) is 1.54. The van der Waals surface area contributed by atoms with Crippen molar-refractivity contribution in [3.05, 3.63) is 0 Å².